The summed E-state index contributed by atoms with van der Waals surface area (Å²) in [5.41, 5.74) is 2.60. The molecule has 1 aromatic heterocycles. The second-order valence-corrected chi connectivity index (χ2v) is 5.56. The van der Waals surface area contributed by atoms with E-state index < -0.39 is 0 Å². The minimum absolute atomic E-state index is 0.726. The number of aromatic nitrogens is 1. The first kappa shape index (κ1) is 12.6. The van der Waals surface area contributed by atoms with Gasteiger partial charge in [-0.1, -0.05) is 25.5 Å². The molecule has 2 nitrogen and oxygen atoms in total. The van der Waals surface area contributed by atoms with Gasteiger partial charge in [-0.2, -0.15) is 0 Å². The maximum atomic E-state index is 4.41. The molecular weight excluding hydrogens is 232 g/mol. The van der Waals surface area contributed by atoms with Gasteiger partial charge in [-0.25, -0.2) is 0 Å². The number of nitrogens with one attached hydrogen (secondary N) is 1. The van der Waals surface area contributed by atoms with Crippen molar-refractivity contribution in [2.75, 3.05) is 13.1 Å². The van der Waals surface area contributed by atoms with E-state index in [2.05, 4.69) is 41.5 Å². The van der Waals surface area contributed by atoms with Crippen LogP contribution in [0.25, 0.3) is 10.9 Å². The van der Waals surface area contributed by atoms with Crippen molar-refractivity contribution < 1.29 is 0 Å². The van der Waals surface area contributed by atoms with Gasteiger partial charge in [-0.3, -0.25) is 4.98 Å². The molecule has 1 heterocycles. The van der Waals surface area contributed by atoms with Gasteiger partial charge in [0.15, 0.2) is 0 Å². The van der Waals surface area contributed by atoms with Crippen LogP contribution >= 0.6 is 0 Å². The normalized spacial score (nSPS) is 23.0. The molecule has 2 heteroatoms. The van der Waals surface area contributed by atoms with Crippen LogP contribution < -0.4 is 5.32 Å². The lowest BCUT2D eigenvalue weighted by atomic mass is 9.88. The fourth-order valence-electron chi connectivity index (χ4n) is 3.37. The highest BCUT2D eigenvalue weighted by Crippen LogP contribution is 2.39. The molecule has 0 aliphatic heterocycles. The van der Waals surface area contributed by atoms with Gasteiger partial charge >= 0.3 is 0 Å². The third-order valence-corrected chi connectivity index (χ3v) is 4.37. The van der Waals surface area contributed by atoms with Crippen molar-refractivity contribution in [1.29, 1.82) is 0 Å². The first-order chi connectivity index (χ1) is 9.38. The van der Waals surface area contributed by atoms with Crippen LogP contribution in [-0.4, -0.2) is 18.1 Å². The number of pyridine rings is 1. The van der Waals surface area contributed by atoms with Crippen LogP contribution in [0, 0.1) is 5.92 Å². The molecular formula is C17H22N2. The number of hydrogen-bond acceptors (Lipinski definition) is 2. The third kappa shape index (κ3) is 2.64. The van der Waals surface area contributed by atoms with Crippen molar-refractivity contribution in [2.24, 2.45) is 5.92 Å². The smallest absolute Gasteiger partial charge is 0.0702 e. The van der Waals surface area contributed by atoms with Crippen LogP contribution in [0.2, 0.25) is 0 Å². The summed E-state index contributed by atoms with van der Waals surface area (Å²) >= 11 is 0. The molecule has 3 rings (SSSR count). The number of nitrogens with zero attached hydrogens (tertiary/aromatic N) is 1. The summed E-state index contributed by atoms with van der Waals surface area (Å²) in [5, 5.41) is 4.79. The Morgan fingerprint density at radius 3 is 3.11 bits per heavy atom. The Morgan fingerprint density at radius 2 is 2.21 bits per heavy atom. The van der Waals surface area contributed by atoms with Crippen LogP contribution in [0.15, 0.2) is 36.5 Å². The highest BCUT2D eigenvalue weighted by molar-refractivity contribution is 5.79. The van der Waals surface area contributed by atoms with Gasteiger partial charge in [-0.05, 0) is 61.5 Å². The Balaban J connectivity index is 1.86. The third-order valence-electron chi connectivity index (χ3n) is 4.37. The molecule has 0 spiro atoms. The first-order valence-electron chi connectivity index (χ1n) is 7.44. The topological polar surface area (TPSA) is 24.9 Å². The Morgan fingerprint density at radius 1 is 1.26 bits per heavy atom. The molecule has 1 N–H and O–H groups in total. The van der Waals surface area contributed by atoms with Crippen molar-refractivity contribution in [3.63, 3.8) is 0 Å². The number of hydrogen-bond donors (Lipinski definition) is 1. The molecule has 0 saturated heterocycles. The van der Waals surface area contributed by atoms with Crippen LogP contribution in [-0.2, 0) is 0 Å². The average molecular weight is 254 g/mol. The molecule has 0 radical (unpaired) electrons. The average Bonchev–Trinajstić information content (AvgIpc) is 2.93. The van der Waals surface area contributed by atoms with Crippen molar-refractivity contribution in [1.82, 2.24) is 10.3 Å². The minimum atomic E-state index is 0.726. The highest BCUT2D eigenvalue weighted by Gasteiger charge is 2.28. The van der Waals surface area contributed by atoms with E-state index >= 15 is 0 Å². The van der Waals surface area contributed by atoms with Gasteiger partial charge in [0.25, 0.3) is 0 Å². The summed E-state index contributed by atoms with van der Waals surface area (Å²) < 4.78 is 0. The summed E-state index contributed by atoms with van der Waals surface area (Å²) in [6, 6.07) is 11.0. The number of benzene rings is 1. The van der Waals surface area contributed by atoms with E-state index in [0.717, 1.165) is 30.4 Å². The summed E-state index contributed by atoms with van der Waals surface area (Å²) in [7, 11) is 0. The van der Waals surface area contributed by atoms with E-state index in [4.69, 9.17) is 0 Å². The Labute approximate surface area is 115 Å². The molecule has 1 aliphatic carbocycles. The van der Waals surface area contributed by atoms with E-state index in [1.807, 2.05) is 12.3 Å². The number of rotatable bonds is 4. The molecule has 0 bridgehead atoms. The molecule has 100 valence electrons. The lowest BCUT2D eigenvalue weighted by Crippen LogP contribution is -2.24. The van der Waals surface area contributed by atoms with Crippen molar-refractivity contribution in [2.45, 2.75) is 32.1 Å². The molecule has 1 aromatic carbocycles. The van der Waals surface area contributed by atoms with Crippen molar-refractivity contribution in [3.8, 4) is 0 Å². The fourth-order valence-corrected chi connectivity index (χ4v) is 3.37. The summed E-state index contributed by atoms with van der Waals surface area (Å²) in [6.45, 7) is 4.42. The monoisotopic (exact) mass is 254 g/mol. The van der Waals surface area contributed by atoms with Crippen LogP contribution in [0.3, 0.4) is 0 Å². The predicted molar refractivity (Wildman–Crippen MR) is 80.4 cm³/mol. The predicted octanol–water partition coefficient (Wildman–Crippen LogP) is 3.73. The van der Waals surface area contributed by atoms with E-state index in [1.54, 1.807) is 0 Å². The van der Waals surface area contributed by atoms with E-state index in [1.165, 1.54) is 30.2 Å². The summed E-state index contributed by atoms with van der Waals surface area (Å²) in [6.07, 6.45) is 5.93. The molecule has 1 fully saturated rings. The molecule has 1 saturated carbocycles. The zero-order chi connectivity index (χ0) is 13.1. The first-order valence-corrected chi connectivity index (χ1v) is 7.44. The molecule has 2 atom stereocenters. The van der Waals surface area contributed by atoms with E-state index in [-0.39, 0.29) is 0 Å². The largest absolute Gasteiger partial charge is 0.317 e. The highest BCUT2D eigenvalue weighted by atomic mass is 14.8. The number of fused-ring (bicyclic) bond motifs is 1. The molecule has 19 heavy (non-hydrogen) atoms. The minimum Gasteiger partial charge on any atom is -0.317 e. The SMILES string of the molecule is CCNCC1CCCC1c1ccc2ncccc2c1. The Bertz CT molecular complexity index is 550. The van der Waals surface area contributed by atoms with Gasteiger partial charge < -0.3 is 5.32 Å². The lowest BCUT2D eigenvalue weighted by molar-refractivity contribution is 0.450. The van der Waals surface area contributed by atoms with E-state index in [9.17, 15) is 0 Å². The van der Waals surface area contributed by atoms with Crippen LogP contribution in [0.5, 0.6) is 0 Å². The fraction of sp³-hybridized carbons (Fsp3) is 0.471. The molecule has 2 aromatic rings. The maximum Gasteiger partial charge on any atom is 0.0702 e. The zero-order valence-corrected chi connectivity index (χ0v) is 11.6. The summed E-state index contributed by atoms with van der Waals surface area (Å²) in [5.74, 6) is 1.53. The van der Waals surface area contributed by atoms with Crippen molar-refractivity contribution >= 4 is 10.9 Å². The Kier molecular flexibility index (Phi) is 3.79. The second kappa shape index (κ2) is 5.70. The van der Waals surface area contributed by atoms with Gasteiger partial charge in [0.1, 0.15) is 0 Å². The lowest BCUT2D eigenvalue weighted by Gasteiger charge is -2.20. The zero-order valence-electron chi connectivity index (χ0n) is 11.6. The van der Waals surface area contributed by atoms with Gasteiger partial charge in [0.2, 0.25) is 0 Å². The summed E-state index contributed by atoms with van der Waals surface area (Å²) in [4.78, 5) is 4.41. The van der Waals surface area contributed by atoms with Crippen LogP contribution in [0.1, 0.15) is 37.7 Å². The standard InChI is InChI=1S/C17H22N2/c1-2-18-12-15-5-3-7-16(15)13-8-9-17-14(11-13)6-4-10-19-17/h4,6,8-11,15-16,18H,2-3,5,7,12H2,1H3. The van der Waals surface area contributed by atoms with Crippen molar-refractivity contribution in [3.05, 3.63) is 42.1 Å². The molecule has 1 aliphatic rings. The quantitative estimate of drug-likeness (QED) is 0.899. The Hall–Kier alpha value is -1.41. The molecule has 2 unspecified atom stereocenters. The molecule has 0 amide bonds. The van der Waals surface area contributed by atoms with E-state index in [0.29, 0.717) is 0 Å². The van der Waals surface area contributed by atoms with Crippen LogP contribution in [0.4, 0.5) is 0 Å². The maximum absolute atomic E-state index is 4.41. The van der Waals surface area contributed by atoms with Gasteiger partial charge in [0.05, 0.1) is 5.52 Å². The van der Waals surface area contributed by atoms with Gasteiger partial charge in [-0.15, -0.1) is 0 Å². The van der Waals surface area contributed by atoms with Gasteiger partial charge in [0, 0.05) is 11.6 Å². The second-order valence-electron chi connectivity index (χ2n) is 5.56.